The Balaban J connectivity index is 1.17. The molecule has 2 heterocycles. The fourth-order valence-electron chi connectivity index (χ4n) is 6.16. The first-order valence-electron chi connectivity index (χ1n) is 13.1. The summed E-state index contributed by atoms with van der Waals surface area (Å²) in [4.78, 5) is 24.3. The Hall–Kier alpha value is -3.03. The van der Waals surface area contributed by atoms with E-state index in [4.69, 9.17) is 9.57 Å². The Bertz CT molecular complexity index is 1170. The van der Waals surface area contributed by atoms with E-state index in [1.807, 2.05) is 11.1 Å². The maximum atomic E-state index is 12.8. The number of hydrogen-bond donors (Lipinski definition) is 2. The number of H-pyrrole nitrogens is 1. The molecule has 7 nitrogen and oxygen atoms in total. The predicted molar refractivity (Wildman–Crippen MR) is 142 cm³/mol. The van der Waals surface area contributed by atoms with E-state index in [0.29, 0.717) is 12.5 Å². The van der Waals surface area contributed by atoms with Crippen LogP contribution in [0.1, 0.15) is 55.6 Å². The zero-order valence-corrected chi connectivity index (χ0v) is 21.6. The second-order valence-corrected chi connectivity index (χ2v) is 10.5. The molecule has 1 aliphatic heterocycles. The zero-order valence-electron chi connectivity index (χ0n) is 21.6. The first-order chi connectivity index (χ1) is 17.5. The number of ether oxygens (including phenoxy) is 1. The lowest BCUT2D eigenvalue weighted by Gasteiger charge is -2.45. The van der Waals surface area contributed by atoms with Crippen molar-refractivity contribution in [1.82, 2.24) is 20.3 Å². The van der Waals surface area contributed by atoms with Gasteiger partial charge in [-0.2, -0.15) is 0 Å². The van der Waals surface area contributed by atoms with Gasteiger partial charge in [0.2, 0.25) is 0 Å². The summed E-state index contributed by atoms with van der Waals surface area (Å²) in [5.74, 6) is 1.15. The molecule has 0 radical (unpaired) electrons. The summed E-state index contributed by atoms with van der Waals surface area (Å²) in [5, 5.41) is 6.15. The number of aromatic nitrogens is 1. The van der Waals surface area contributed by atoms with Crippen molar-refractivity contribution in [1.29, 1.82) is 0 Å². The Morgan fingerprint density at radius 3 is 2.61 bits per heavy atom. The largest absolute Gasteiger partial charge is 0.497 e. The van der Waals surface area contributed by atoms with Gasteiger partial charge in [0.05, 0.1) is 7.11 Å². The molecule has 1 saturated carbocycles. The SMILES string of the molecule is COc1ccc2[nH]cc(C3CCCN(OC(=O)NC4CCC(c5ccccc5)(N(C)C)CC4)C3)c2c1. The van der Waals surface area contributed by atoms with E-state index >= 15 is 0 Å². The third-order valence-electron chi connectivity index (χ3n) is 8.26. The van der Waals surface area contributed by atoms with E-state index in [0.717, 1.165) is 56.3 Å². The minimum absolute atomic E-state index is 0.0193. The normalized spacial score (nSPS) is 25.1. The molecular weight excluding hydrogens is 452 g/mol. The number of amides is 1. The highest BCUT2D eigenvalue weighted by Crippen LogP contribution is 2.41. The minimum atomic E-state index is -0.335. The predicted octanol–water partition coefficient (Wildman–Crippen LogP) is 5.40. The summed E-state index contributed by atoms with van der Waals surface area (Å²) < 4.78 is 5.43. The van der Waals surface area contributed by atoms with Gasteiger partial charge in [-0.1, -0.05) is 30.3 Å². The van der Waals surface area contributed by atoms with Crippen LogP contribution in [0.15, 0.2) is 54.7 Å². The monoisotopic (exact) mass is 490 g/mol. The van der Waals surface area contributed by atoms with Gasteiger partial charge in [0.1, 0.15) is 5.75 Å². The van der Waals surface area contributed by atoms with Crippen LogP contribution in [0.2, 0.25) is 0 Å². The molecule has 1 amide bonds. The Morgan fingerprint density at radius 2 is 1.89 bits per heavy atom. The lowest BCUT2D eigenvalue weighted by atomic mass is 9.74. The van der Waals surface area contributed by atoms with Gasteiger partial charge >= 0.3 is 6.09 Å². The summed E-state index contributed by atoms with van der Waals surface area (Å²) in [6.07, 6.45) is 7.68. The first kappa shape index (κ1) is 24.7. The number of hydrogen-bond acceptors (Lipinski definition) is 5. The van der Waals surface area contributed by atoms with Crippen LogP contribution in [-0.2, 0) is 10.4 Å². The molecule has 1 saturated heterocycles. The van der Waals surface area contributed by atoms with Crippen molar-refractivity contribution in [3.8, 4) is 5.75 Å². The molecule has 7 heteroatoms. The molecule has 3 aromatic rings. The number of methoxy groups -OCH3 is 1. The number of nitrogens with zero attached hydrogens (tertiary/aromatic N) is 2. The topological polar surface area (TPSA) is 69.8 Å². The van der Waals surface area contributed by atoms with Crippen molar-refractivity contribution < 1.29 is 14.4 Å². The highest BCUT2D eigenvalue weighted by atomic mass is 16.7. The molecule has 0 bridgehead atoms. The fourth-order valence-corrected chi connectivity index (χ4v) is 6.16. The Labute approximate surface area is 213 Å². The number of hydroxylamine groups is 2. The van der Waals surface area contributed by atoms with Gasteiger partial charge in [-0.15, -0.1) is 5.06 Å². The summed E-state index contributed by atoms with van der Waals surface area (Å²) in [6, 6.07) is 17.0. The molecule has 0 spiro atoms. The van der Waals surface area contributed by atoms with Crippen molar-refractivity contribution in [3.63, 3.8) is 0 Å². The van der Waals surface area contributed by atoms with E-state index in [9.17, 15) is 4.79 Å². The maximum absolute atomic E-state index is 12.8. The number of benzene rings is 2. The number of nitrogens with one attached hydrogen (secondary N) is 2. The highest BCUT2D eigenvalue weighted by Gasteiger charge is 2.39. The van der Waals surface area contributed by atoms with E-state index in [2.05, 4.69) is 78.0 Å². The molecular formula is C29H38N4O3. The van der Waals surface area contributed by atoms with Crippen molar-refractivity contribution >= 4 is 17.0 Å². The molecule has 1 aliphatic carbocycles. The quantitative estimate of drug-likeness (QED) is 0.484. The van der Waals surface area contributed by atoms with Gasteiger partial charge in [-0.25, -0.2) is 4.79 Å². The van der Waals surface area contributed by atoms with Crippen molar-refractivity contribution in [3.05, 3.63) is 65.9 Å². The molecule has 2 aliphatic rings. The molecule has 2 aromatic carbocycles. The lowest BCUT2D eigenvalue weighted by molar-refractivity contribution is -0.116. The smallest absolute Gasteiger partial charge is 0.426 e. The van der Waals surface area contributed by atoms with E-state index < -0.39 is 0 Å². The third-order valence-corrected chi connectivity index (χ3v) is 8.26. The van der Waals surface area contributed by atoms with Gasteiger partial charge in [0.25, 0.3) is 0 Å². The number of fused-ring (bicyclic) bond motifs is 1. The number of rotatable bonds is 6. The molecule has 2 fully saturated rings. The molecule has 1 unspecified atom stereocenters. The number of carbonyl (C=O) groups is 1. The van der Waals surface area contributed by atoms with Crippen LogP contribution in [-0.4, -0.2) is 61.4 Å². The molecule has 1 atom stereocenters. The van der Waals surface area contributed by atoms with Gasteiger partial charge in [-0.3, -0.25) is 4.90 Å². The maximum Gasteiger partial charge on any atom is 0.426 e. The van der Waals surface area contributed by atoms with Crippen LogP contribution in [0.4, 0.5) is 4.79 Å². The van der Waals surface area contributed by atoms with Crippen molar-refractivity contribution in [2.75, 3.05) is 34.3 Å². The van der Waals surface area contributed by atoms with Crippen LogP contribution in [0.25, 0.3) is 10.9 Å². The molecule has 5 rings (SSSR count). The van der Waals surface area contributed by atoms with Gasteiger partial charge in [0, 0.05) is 47.7 Å². The van der Waals surface area contributed by atoms with Gasteiger partial charge < -0.3 is 19.9 Å². The first-order valence-corrected chi connectivity index (χ1v) is 13.1. The average Bonchev–Trinajstić information content (AvgIpc) is 3.33. The minimum Gasteiger partial charge on any atom is -0.497 e. The highest BCUT2D eigenvalue weighted by molar-refractivity contribution is 5.85. The summed E-state index contributed by atoms with van der Waals surface area (Å²) in [7, 11) is 6.01. The second kappa shape index (κ2) is 10.5. The number of aromatic amines is 1. The third kappa shape index (κ3) is 4.95. The molecule has 192 valence electrons. The van der Waals surface area contributed by atoms with Gasteiger partial charge in [-0.05, 0) is 81.9 Å². The lowest BCUT2D eigenvalue weighted by Crippen LogP contribution is -2.49. The van der Waals surface area contributed by atoms with Crippen molar-refractivity contribution in [2.45, 2.75) is 56.0 Å². The van der Waals surface area contributed by atoms with Crippen LogP contribution in [0.3, 0.4) is 0 Å². The molecule has 36 heavy (non-hydrogen) atoms. The number of piperidine rings is 1. The zero-order chi connectivity index (χ0) is 25.1. The Kier molecular flexibility index (Phi) is 7.21. The fraction of sp³-hybridized carbons (Fsp3) is 0.483. The van der Waals surface area contributed by atoms with E-state index in [-0.39, 0.29) is 17.7 Å². The van der Waals surface area contributed by atoms with Crippen molar-refractivity contribution in [2.24, 2.45) is 0 Å². The molecule has 2 N–H and O–H groups in total. The van der Waals surface area contributed by atoms with Crippen LogP contribution in [0.5, 0.6) is 5.75 Å². The van der Waals surface area contributed by atoms with E-state index in [1.165, 1.54) is 16.5 Å². The van der Waals surface area contributed by atoms with Crippen LogP contribution in [0, 0.1) is 0 Å². The second-order valence-electron chi connectivity index (χ2n) is 10.5. The summed E-state index contributed by atoms with van der Waals surface area (Å²) in [6.45, 7) is 1.46. The van der Waals surface area contributed by atoms with E-state index in [1.54, 1.807) is 7.11 Å². The Morgan fingerprint density at radius 1 is 1.11 bits per heavy atom. The summed E-state index contributed by atoms with van der Waals surface area (Å²) >= 11 is 0. The average molecular weight is 491 g/mol. The van der Waals surface area contributed by atoms with Crippen LogP contribution < -0.4 is 10.1 Å². The van der Waals surface area contributed by atoms with Crippen LogP contribution >= 0.6 is 0 Å². The summed E-state index contributed by atoms with van der Waals surface area (Å²) in [5.41, 5.74) is 3.73. The molecule has 1 aromatic heterocycles. The number of carbonyl (C=O) groups excluding carboxylic acids is 1. The standard InChI is InChI=1S/C29H38N4O3/c1-32(2)29(22-9-5-4-6-10-22)15-13-23(14-16-29)31-28(34)36-33-17-7-8-21(20-33)26-19-30-27-12-11-24(35-3)18-25(26)27/h4-6,9-12,18-19,21,23,30H,7-8,13-17,20H2,1-3H3,(H,31,34). The van der Waals surface area contributed by atoms with Gasteiger partial charge in [0.15, 0.2) is 0 Å².